The summed E-state index contributed by atoms with van der Waals surface area (Å²) in [6, 6.07) is 2.28. The zero-order valence-corrected chi connectivity index (χ0v) is 12.8. The van der Waals surface area contributed by atoms with Gasteiger partial charge in [0, 0.05) is 32.4 Å². The van der Waals surface area contributed by atoms with Crippen molar-refractivity contribution in [3.8, 4) is 0 Å². The zero-order valence-electron chi connectivity index (χ0n) is 12.8. The maximum atomic E-state index is 5.81. The number of likely N-dealkylation sites (N-methyl/N-ethyl adjacent to an activating group) is 1. The van der Waals surface area contributed by atoms with Crippen molar-refractivity contribution >= 4 is 5.69 Å². The van der Waals surface area contributed by atoms with Crippen LogP contribution >= 0.6 is 0 Å². The molecule has 106 valence electrons. The van der Waals surface area contributed by atoms with Crippen molar-refractivity contribution in [3.05, 3.63) is 28.3 Å². The van der Waals surface area contributed by atoms with Gasteiger partial charge in [-0.25, -0.2) is 0 Å². The Hall–Kier alpha value is -1.06. The molecule has 1 N–H and O–H groups in total. The highest BCUT2D eigenvalue weighted by Gasteiger charge is 2.18. The Kier molecular flexibility index (Phi) is 4.48. The maximum absolute atomic E-state index is 5.81. The number of hydrogen-bond donors (Lipinski definition) is 1. The molecule has 0 saturated carbocycles. The van der Waals surface area contributed by atoms with E-state index < -0.39 is 0 Å². The molecule has 3 heteroatoms. The standard InChI is InChI=1S/C16H26N2O/c1-11-8-12(2)14(4)16(13(11)3)18(5)10-15-9-17-6-7-19-15/h8,15,17H,6-7,9-10H2,1-5H3. The summed E-state index contributed by atoms with van der Waals surface area (Å²) in [6.45, 7) is 12.5. The molecule has 1 heterocycles. The second-order valence-electron chi connectivity index (χ2n) is 5.69. The molecule has 1 atom stereocenters. The van der Waals surface area contributed by atoms with Gasteiger partial charge in [0.15, 0.2) is 0 Å². The lowest BCUT2D eigenvalue weighted by molar-refractivity contribution is 0.0340. The van der Waals surface area contributed by atoms with Crippen LogP contribution in [-0.4, -0.2) is 39.4 Å². The van der Waals surface area contributed by atoms with Crippen molar-refractivity contribution in [3.63, 3.8) is 0 Å². The lowest BCUT2D eigenvalue weighted by Gasteiger charge is -2.31. The number of hydrogen-bond acceptors (Lipinski definition) is 3. The van der Waals surface area contributed by atoms with E-state index in [-0.39, 0.29) is 0 Å². The van der Waals surface area contributed by atoms with Gasteiger partial charge in [-0.05, 0) is 49.9 Å². The first-order valence-electron chi connectivity index (χ1n) is 7.11. The first-order chi connectivity index (χ1) is 9.00. The van der Waals surface area contributed by atoms with Crippen molar-refractivity contribution in [2.45, 2.75) is 33.8 Å². The summed E-state index contributed by atoms with van der Waals surface area (Å²) in [6.07, 6.45) is 0.290. The van der Waals surface area contributed by atoms with E-state index in [1.807, 2.05) is 0 Å². The van der Waals surface area contributed by atoms with Gasteiger partial charge in [-0.1, -0.05) is 6.07 Å². The van der Waals surface area contributed by atoms with E-state index in [1.54, 1.807) is 0 Å². The number of anilines is 1. The number of ether oxygens (including phenoxy) is 1. The maximum Gasteiger partial charge on any atom is 0.0874 e. The molecule has 0 spiro atoms. The van der Waals surface area contributed by atoms with Crippen molar-refractivity contribution in [2.75, 3.05) is 38.2 Å². The molecule has 2 rings (SSSR count). The highest BCUT2D eigenvalue weighted by molar-refractivity contribution is 5.63. The molecule has 3 nitrogen and oxygen atoms in total. The Bertz CT molecular complexity index is 424. The molecule has 1 aromatic rings. The van der Waals surface area contributed by atoms with E-state index >= 15 is 0 Å². The van der Waals surface area contributed by atoms with Gasteiger partial charge in [-0.2, -0.15) is 0 Å². The van der Waals surface area contributed by atoms with Gasteiger partial charge >= 0.3 is 0 Å². The predicted molar refractivity (Wildman–Crippen MR) is 81.3 cm³/mol. The number of aryl methyl sites for hydroxylation is 2. The molecule has 0 aromatic heterocycles. The van der Waals surface area contributed by atoms with Crippen molar-refractivity contribution < 1.29 is 4.74 Å². The molecule has 1 unspecified atom stereocenters. The van der Waals surface area contributed by atoms with Crippen LogP contribution in [0.25, 0.3) is 0 Å². The molecule has 0 amide bonds. The molecule has 1 aromatic carbocycles. The van der Waals surface area contributed by atoms with Crippen LogP contribution in [0.1, 0.15) is 22.3 Å². The molecule has 1 fully saturated rings. The van der Waals surface area contributed by atoms with Gasteiger partial charge < -0.3 is 15.0 Å². The summed E-state index contributed by atoms with van der Waals surface area (Å²) >= 11 is 0. The monoisotopic (exact) mass is 262 g/mol. The van der Waals surface area contributed by atoms with Gasteiger partial charge in [-0.3, -0.25) is 0 Å². The highest BCUT2D eigenvalue weighted by atomic mass is 16.5. The molecule has 1 aliphatic rings. The Labute approximate surface area is 116 Å². The second-order valence-corrected chi connectivity index (χ2v) is 5.69. The summed E-state index contributed by atoms with van der Waals surface area (Å²) in [5.41, 5.74) is 6.87. The van der Waals surface area contributed by atoms with Crippen LogP contribution in [0.15, 0.2) is 6.07 Å². The topological polar surface area (TPSA) is 24.5 Å². The quantitative estimate of drug-likeness (QED) is 0.905. The Morgan fingerprint density at radius 1 is 1.21 bits per heavy atom. The third-order valence-electron chi connectivity index (χ3n) is 4.19. The zero-order chi connectivity index (χ0) is 14.0. The molecule has 0 aliphatic carbocycles. The van der Waals surface area contributed by atoms with Gasteiger partial charge in [-0.15, -0.1) is 0 Å². The number of nitrogens with one attached hydrogen (secondary N) is 1. The van der Waals surface area contributed by atoms with E-state index in [4.69, 9.17) is 4.74 Å². The smallest absolute Gasteiger partial charge is 0.0874 e. The summed E-state index contributed by atoms with van der Waals surface area (Å²) in [5, 5.41) is 3.39. The summed E-state index contributed by atoms with van der Waals surface area (Å²) in [7, 11) is 2.17. The van der Waals surface area contributed by atoms with E-state index in [0.29, 0.717) is 6.10 Å². The molecule has 1 saturated heterocycles. The summed E-state index contributed by atoms with van der Waals surface area (Å²) in [4.78, 5) is 2.35. The molecule has 0 bridgehead atoms. The number of nitrogens with zero attached hydrogens (tertiary/aromatic N) is 1. The van der Waals surface area contributed by atoms with Crippen LogP contribution in [0.3, 0.4) is 0 Å². The van der Waals surface area contributed by atoms with Crippen LogP contribution in [0.5, 0.6) is 0 Å². The normalized spacial score (nSPS) is 19.5. The van der Waals surface area contributed by atoms with Gasteiger partial charge in [0.25, 0.3) is 0 Å². The minimum absolute atomic E-state index is 0.290. The largest absolute Gasteiger partial charge is 0.374 e. The SMILES string of the molecule is Cc1cc(C)c(C)c(N(C)CC2CNCCO2)c1C. The lowest BCUT2D eigenvalue weighted by Crippen LogP contribution is -2.44. The van der Waals surface area contributed by atoms with E-state index in [2.05, 4.69) is 51.0 Å². The second kappa shape index (κ2) is 5.93. The van der Waals surface area contributed by atoms with Crippen LogP contribution in [0, 0.1) is 27.7 Å². The fourth-order valence-corrected chi connectivity index (χ4v) is 2.90. The average molecular weight is 262 g/mol. The van der Waals surface area contributed by atoms with Crippen molar-refractivity contribution in [1.29, 1.82) is 0 Å². The first-order valence-corrected chi connectivity index (χ1v) is 7.11. The van der Waals surface area contributed by atoms with Gasteiger partial charge in [0.2, 0.25) is 0 Å². The molecule has 0 radical (unpaired) electrons. The third kappa shape index (κ3) is 3.10. The van der Waals surface area contributed by atoms with Gasteiger partial charge in [0.05, 0.1) is 12.7 Å². The van der Waals surface area contributed by atoms with Crippen LogP contribution in [0.2, 0.25) is 0 Å². The third-order valence-corrected chi connectivity index (χ3v) is 4.19. The number of benzene rings is 1. The van der Waals surface area contributed by atoms with Crippen LogP contribution < -0.4 is 10.2 Å². The van der Waals surface area contributed by atoms with Crippen molar-refractivity contribution in [1.82, 2.24) is 5.32 Å². The summed E-state index contributed by atoms with van der Waals surface area (Å²) in [5.74, 6) is 0. The Balaban J connectivity index is 2.20. The Morgan fingerprint density at radius 3 is 2.37 bits per heavy atom. The average Bonchev–Trinajstić information content (AvgIpc) is 2.38. The predicted octanol–water partition coefficient (Wildman–Crippen LogP) is 2.34. The number of morpholine rings is 1. The van der Waals surface area contributed by atoms with E-state index in [9.17, 15) is 0 Å². The first kappa shape index (κ1) is 14.4. The van der Waals surface area contributed by atoms with E-state index in [0.717, 1.165) is 26.2 Å². The summed E-state index contributed by atoms with van der Waals surface area (Å²) < 4.78 is 5.81. The fraction of sp³-hybridized carbons (Fsp3) is 0.625. The minimum atomic E-state index is 0.290. The molecular formula is C16H26N2O. The Morgan fingerprint density at radius 2 is 1.84 bits per heavy atom. The highest BCUT2D eigenvalue weighted by Crippen LogP contribution is 2.29. The fourth-order valence-electron chi connectivity index (χ4n) is 2.90. The minimum Gasteiger partial charge on any atom is -0.374 e. The van der Waals surface area contributed by atoms with Crippen LogP contribution in [0.4, 0.5) is 5.69 Å². The lowest BCUT2D eigenvalue weighted by atomic mass is 9.98. The number of rotatable bonds is 3. The van der Waals surface area contributed by atoms with Crippen LogP contribution in [-0.2, 0) is 4.74 Å². The molecular weight excluding hydrogens is 236 g/mol. The van der Waals surface area contributed by atoms with Crippen molar-refractivity contribution in [2.24, 2.45) is 0 Å². The molecule has 1 aliphatic heterocycles. The van der Waals surface area contributed by atoms with Gasteiger partial charge in [0.1, 0.15) is 0 Å². The van der Waals surface area contributed by atoms with E-state index in [1.165, 1.54) is 27.9 Å². The molecule has 19 heavy (non-hydrogen) atoms.